The molecule has 406 valence electrons. The van der Waals surface area contributed by atoms with E-state index in [4.69, 9.17) is 9.05 Å². The summed E-state index contributed by atoms with van der Waals surface area (Å²) >= 11 is 0. The molecule has 0 aliphatic carbocycles. The number of phosphoric ester groups is 1. The molecule has 0 saturated carbocycles. The average Bonchev–Trinajstić information content (AvgIpc) is 3.32. The maximum absolute atomic E-state index is 13.0. The first kappa shape index (κ1) is 67.7. The first-order chi connectivity index (χ1) is 34.0. The number of hydrogen-bond donors (Lipinski definition) is 2. The van der Waals surface area contributed by atoms with Gasteiger partial charge in [-0.1, -0.05) is 253 Å². The van der Waals surface area contributed by atoms with Crippen LogP contribution in [0.4, 0.5) is 0 Å². The van der Waals surface area contributed by atoms with Crippen molar-refractivity contribution in [3.63, 3.8) is 0 Å². The molecule has 70 heavy (non-hydrogen) atoms. The maximum atomic E-state index is 13.0. The van der Waals surface area contributed by atoms with Crippen LogP contribution in [0.25, 0.3) is 0 Å². The zero-order valence-corrected chi connectivity index (χ0v) is 47.1. The van der Waals surface area contributed by atoms with Gasteiger partial charge in [-0.2, -0.15) is 0 Å². The Kier molecular flexibility index (Phi) is 49.9. The molecule has 0 radical (unpaired) electrons. The van der Waals surface area contributed by atoms with Crippen LogP contribution in [0.3, 0.4) is 0 Å². The summed E-state index contributed by atoms with van der Waals surface area (Å²) in [7, 11) is 1.26. The lowest BCUT2D eigenvalue weighted by atomic mass is 10.0. The van der Waals surface area contributed by atoms with Crippen molar-refractivity contribution in [3.05, 3.63) is 85.1 Å². The number of nitrogens with one attached hydrogen (secondary N) is 1. The first-order valence-corrected chi connectivity index (χ1v) is 30.4. The van der Waals surface area contributed by atoms with Gasteiger partial charge < -0.3 is 28.8 Å². The average molecular weight is 1000 g/mol. The summed E-state index contributed by atoms with van der Waals surface area (Å²) in [6.07, 6.45) is 72.2. The van der Waals surface area contributed by atoms with Gasteiger partial charge in [-0.15, -0.1) is 0 Å². The van der Waals surface area contributed by atoms with Crippen molar-refractivity contribution in [1.82, 2.24) is 5.32 Å². The summed E-state index contributed by atoms with van der Waals surface area (Å²) in [4.78, 5) is 25.5. The van der Waals surface area contributed by atoms with Crippen LogP contribution in [0.2, 0.25) is 0 Å². The summed E-state index contributed by atoms with van der Waals surface area (Å²) in [6.45, 7) is 4.54. The number of carbonyl (C=O) groups is 1. The number of nitrogens with zero attached hydrogens (tertiary/aromatic N) is 1. The Morgan fingerprint density at radius 1 is 0.514 bits per heavy atom. The van der Waals surface area contributed by atoms with E-state index in [1.165, 1.54) is 148 Å². The second-order valence-corrected chi connectivity index (χ2v) is 22.0. The van der Waals surface area contributed by atoms with Gasteiger partial charge in [0.05, 0.1) is 39.9 Å². The lowest BCUT2D eigenvalue weighted by Crippen LogP contribution is -2.45. The number of quaternary nitrogens is 1. The second kappa shape index (κ2) is 51.6. The Bertz CT molecular complexity index is 1410. The number of amides is 1. The van der Waals surface area contributed by atoms with Crippen molar-refractivity contribution in [2.24, 2.45) is 0 Å². The van der Waals surface area contributed by atoms with E-state index in [2.05, 4.69) is 92.1 Å². The van der Waals surface area contributed by atoms with Gasteiger partial charge in [0.1, 0.15) is 13.2 Å². The maximum Gasteiger partial charge on any atom is 0.268 e. The molecule has 3 atom stereocenters. The SMILES string of the molecule is CC/C=C\C/C=C\C/C=C\C/C=C\C/C=C\C/C=C\CCCCCCCCCCCCCCC(=O)NC(COP(=O)([O-])OCC[N+](C)(C)C)C(O)/C=C/CCCCCCCCCCCCCCCCC. The Balaban J connectivity index is 4.17. The lowest BCUT2D eigenvalue weighted by Gasteiger charge is -2.29. The molecule has 3 unspecified atom stereocenters. The van der Waals surface area contributed by atoms with E-state index in [1.807, 2.05) is 27.2 Å². The highest BCUT2D eigenvalue weighted by Crippen LogP contribution is 2.38. The second-order valence-electron chi connectivity index (χ2n) is 20.6. The molecule has 0 aromatic heterocycles. The van der Waals surface area contributed by atoms with E-state index in [-0.39, 0.29) is 19.1 Å². The number of phosphoric acid groups is 1. The minimum Gasteiger partial charge on any atom is -0.756 e. The monoisotopic (exact) mass is 999 g/mol. The molecule has 2 N–H and O–H groups in total. The molecular weight excluding hydrogens is 888 g/mol. The van der Waals surface area contributed by atoms with Gasteiger partial charge in [-0.3, -0.25) is 9.36 Å². The van der Waals surface area contributed by atoms with E-state index in [9.17, 15) is 19.4 Å². The van der Waals surface area contributed by atoms with Crippen molar-refractivity contribution in [2.45, 2.75) is 257 Å². The van der Waals surface area contributed by atoms with Crippen molar-refractivity contribution in [1.29, 1.82) is 0 Å². The third-order valence-corrected chi connectivity index (χ3v) is 13.6. The van der Waals surface area contributed by atoms with Gasteiger partial charge >= 0.3 is 0 Å². The molecule has 0 aromatic carbocycles. The fourth-order valence-corrected chi connectivity index (χ4v) is 8.82. The molecule has 0 spiro atoms. The number of aliphatic hydroxyl groups excluding tert-OH is 1. The van der Waals surface area contributed by atoms with Gasteiger partial charge in [-0.25, -0.2) is 0 Å². The van der Waals surface area contributed by atoms with E-state index in [1.54, 1.807) is 6.08 Å². The first-order valence-electron chi connectivity index (χ1n) is 28.9. The predicted octanol–water partition coefficient (Wildman–Crippen LogP) is 17.0. The molecule has 0 saturated heterocycles. The van der Waals surface area contributed by atoms with Crippen molar-refractivity contribution >= 4 is 13.7 Å². The van der Waals surface area contributed by atoms with Gasteiger partial charge in [0.25, 0.3) is 7.82 Å². The summed E-state index contributed by atoms with van der Waals surface area (Å²) < 4.78 is 23.3. The molecule has 0 rings (SSSR count). The highest BCUT2D eigenvalue weighted by molar-refractivity contribution is 7.45. The molecule has 9 heteroatoms. The fourth-order valence-electron chi connectivity index (χ4n) is 8.10. The summed E-state index contributed by atoms with van der Waals surface area (Å²) in [5.74, 6) is -0.201. The molecule has 0 aliphatic heterocycles. The van der Waals surface area contributed by atoms with E-state index >= 15 is 0 Å². The van der Waals surface area contributed by atoms with Crippen LogP contribution in [0.5, 0.6) is 0 Å². The molecule has 0 aliphatic rings. The predicted molar refractivity (Wildman–Crippen MR) is 302 cm³/mol. The highest BCUT2D eigenvalue weighted by atomic mass is 31.2. The largest absolute Gasteiger partial charge is 0.756 e. The zero-order chi connectivity index (χ0) is 51.3. The van der Waals surface area contributed by atoms with Crippen LogP contribution < -0.4 is 10.2 Å². The van der Waals surface area contributed by atoms with Crippen molar-refractivity contribution in [3.8, 4) is 0 Å². The van der Waals surface area contributed by atoms with Gasteiger partial charge in [-0.05, 0) is 70.6 Å². The van der Waals surface area contributed by atoms with Gasteiger partial charge in [0.15, 0.2) is 0 Å². The highest BCUT2D eigenvalue weighted by Gasteiger charge is 2.23. The van der Waals surface area contributed by atoms with Crippen LogP contribution >= 0.6 is 7.82 Å². The molecule has 1 amide bonds. The minimum atomic E-state index is -4.60. The Hall–Kier alpha value is -2.32. The van der Waals surface area contributed by atoms with Crippen molar-refractivity contribution < 1.29 is 32.9 Å². The number of aliphatic hydroxyl groups is 1. The van der Waals surface area contributed by atoms with Crippen LogP contribution in [0.15, 0.2) is 85.1 Å². The molecule has 0 bridgehead atoms. The Morgan fingerprint density at radius 3 is 1.27 bits per heavy atom. The van der Waals surface area contributed by atoms with E-state index in [0.717, 1.165) is 77.0 Å². The van der Waals surface area contributed by atoms with Gasteiger partial charge in [0, 0.05) is 6.42 Å². The van der Waals surface area contributed by atoms with E-state index < -0.39 is 20.0 Å². The number of rotatable bonds is 52. The third kappa shape index (κ3) is 53.5. The molecule has 8 nitrogen and oxygen atoms in total. The normalized spacial score (nSPS) is 14.6. The molecular formula is C61H111N2O6P. The number of carbonyl (C=O) groups excluding carboxylic acids is 1. The standard InChI is InChI=1S/C61H111N2O6P/c1-6-8-10-12-14-16-18-20-22-24-25-26-27-28-29-30-31-32-33-34-35-36-37-39-41-43-45-47-49-51-53-55-61(65)62-59(58-69-70(66,67)68-57-56-63(3,4)5)60(64)54-52-50-48-46-44-42-40-38-23-21-19-17-15-13-11-9-7-2/h8,10,14,16,20,22,25-26,28-29,31-32,52,54,59-60,64H,6-7,9,11-13,15,17-19,21,23-24,27,30,33-51,53,55-58H2,1-5H3,(H-,62,65,66,67)/b10-8-,16-14-,22-20-,26-25-,29-28-,32-31-,54-52+. The van der Waals surface area contributed by atoms with Crippen LogP contribution in [0, 0.1) is 0 Å². The zero-order valence-electron chi connectivity index (χ0n) is 46.2. The number of likely N-dealkylation sites (N-methyl/N-ethyl adjacent to an activating group) is 1. The number of hydrogen-bond acceptors (Lipinski definition) is 6. The Morgan fingerprint density at radius 2 is 0.871 bits per heavy atom. The van der Waals surface area contributed by atoms with Crippen LogP contribution in [0.1, 0.15) is 245 Å². The Labute approximate surface area is 433 Å². The molecule has 0 heterocycles. The van der Waals surface area contributed by atoms with Gasteiger partial charge in [0.2, 0.25) is 5.91 Å². The van der Waals surface area contributed by atoms with Crippen LogP contribution in [-0.2, 0) is 18.4 Å². The number of allylic oxidation sites excluding steroid dienone is 13. The topological polar surface area (TPSA) is 108 Å². The minimum absolute atomic E-state index is 0.00411. The lowest BCUT2D eigenvalue weighted by molar-refractivity contribution is -0.870. The smallest absolute Gasteiger partial charge is 0.268 e. The molecule has 0 aromatic rings. The quantitative estimate of drug-likeness (QED) is 0.0272. The third-order valence-electron chi connectivity index (χ3n) is 12.6. The summed E-state index contributed by atoms with van der Waals surface area (Å²) in [6, 6.07) is -0.892. The van der Waals surface area contributed by atoms with Crippen LogP contribution in [-0.4, -0.2) is 68.5 Å². The fraction of sp³-hybridized carbons (Fsp3) is 0.754. The van der Waals surface area contributed by atoms with Crippen molar-refractivity contribution in [2.75, 3.05) is 40.9 Å². The summed E-state index contributed by atoms with van der Waals surface area (Å²) in [5, 5.41) is 13.9. The van der Waals surface area contributed by atoms with E-state index in [0.29, 0.717) is 17.4 Å². The molecule has 0 fully saturated rings. The summed E-state index contributed by atoms with van der Waals surface area (Å²) in [5.41, 5.74) is 0. The number of unbranched alkanes of at least 4 members (excludes halogenated alkanes) is 27.